The molecule has 2 rings (SSSR count). The number of benzene rings is 1. The van der Waals surface area contributed by atoms with E-state index in [0.717, 1.165) is 24.8 Å². The predicted octanol–water partition coefficient (Wildman–Crippen LogP) is 2.43. The third-order valence-corrected chi connectivity index (χ3v) is 4.17. The minimum absolute atomic E-state index is 0.107. The molecule has 0 unspecified atom stereocenters. The van der Waals surface area contributed by atoms with E-state index in [1.165, 1.54) is 0 Å². The lowest BCUT2D eigenvalue weighted by molar-refractivity contribution is -0.141. The lowest BCUT2D eigenvalue weighted by atomic mass is 9.63. The fraction of sp³-hybridized carbons (Fsp3) is 0.500. The first kappa shape index (κ1) is 14.6. The molecule has 1 aromatic carbocycles. The summed E-state index contributed by atoms with van der Waals surface area (Å²) in [6.45, 7) is 0.500. The lowest BCUT2D eigenvalue weighted by Crippen LogP contribution is -2.50. The van der Waals surface area contributed by atoms with E-state index in [-0.39, 0.29) is 17.7 Å². The Hall–Kier alpha value is -1.84. The maximum Gasteiger partial charge on any atom is 0.303 e. The van der Waals surface area contributed by atoms with Crippen LogP contribution in [0.1, 0.15) is 37.7 Å². The van der Waals surface area contributed by atoms with E-state index in [4.69, 9.17) is 5.11 Å². The average Bonchev–Trinajstić information content (AvgIpc) is 2.38. The minimum atomic E-state index is -0.813. The highest BCUT2D eigenvalue weighted by atomic mass is 16.4. The molecule has 1 amide bonds. The van der Waals surface area contributed by atoms with E-state index in [9.17, 15) is 9.59 Å². The van der Waals surface area contributed by atoms with Crippen LogP contribution in [0.25, 0.3) is 0 Å². The van der Waals surface area contributed by atoms with E-state index in [0.29, 0.717) is 13.0 Å². The third kappa shape index (κ3) is 2.84. The van der Waals surface area contributed by atoms with E-state index < -0.39 is 5.97 Å². The zero-order valence-electron chi connectivity index (χ0n) is 11.8. The van der Waals surface area contributed by atoms with Gasteiger partial charge in [-0.15, -0.1) is 0 Å². The van der Waals surface area contributed by atoms with E-state index in [1.807, 2.05) is 30.3 Å². The van der Waals surface area contributed by atoms with Crippen LogP contribution in [0, 0.1) is 0 Å². The van der Waals surface area contributed by atoms with Crippen LogP contribution in [0.3, 0.4) is 0 Å². The SMILES string of the molecule is CN(CCCC(=O)O)C(=O)C1(c2ccccc2)CCC1. The molecule has 4 nitrogen and oxygen atoms in total. The van der Waals surface area contributed by atoms with Gasteiger partial charge >= 0.3 is 5.97 Å². The number of amides is 1. The summed E-state index contributed by atoms with van der Waals surface area (Å²) in [5, 5.41) is 8.66. The number of carboxylic acids is 1. The Bertz CT molecular complexity index is 480. The first-order chi connectivity index (χ1) is 9.56. The third-order valence-electron chi connectivity index (χ3n) is 4.17. The second-order valence-corrected chi connectivity index (χ2v) is 5.53. The number of hydrogen-bond acceptors (Lipinski definition) is 2. The van der Waals surface area contributed by atoms with E-state index in [1.54, 1.807) is 11.9 Å². The molecule has 1 saturated carbocycles. The Morgan fingerprint density at radius 2 is 1.90 bits per heavy atom. The highest BCUT2D eigenvalue weighted by molar-refractivity contribution is 5.89. The molecule has 0 bridgehead atoms. The standard InChI is InChI=1S/C16H21NO3/c1-17(12-5-9-14(18)19)15(20)16(10-6-11-16)13-7-3-2-4-8-13/h2-4,7-8H,5-6,9-12H2,1H3,(H,18,19). The largest absolute Gasteiger partial charge is 0.481 e. The van der Waals surface area contributed by atoms with Crippen molar-refractivity contribution in [2.45, 2.75) is 37.5 Å². The number of carbonyl (C=O) groups is 2. The fourth-order valence-electron chi connectivity index (χ4n) is 2.85. The van der Waals surface area contributed by atoms with Gasteiger partial charge in [-0.05, 0) is 24.8 Å². The van der Waals surface area contributed by atoms with Gasteiger partial charge in [0.05, 0.1) is 5.41 Å². The summed E-state index contributed by atoms with van der Waals surface area (Å²) in [7, 11) is 1.77. The van der Waals surface area contributed by atoms with Crippen LogP contribution in [0.2, 0.25) is 0 Å². The molecule has 0 saturated heterocycles. The molecule has 0 atom stereocenters. The first-order valence-electron chi connectivity index (χ1n) is 7.09. The van der Waals surface area contributed by atoms with Gasteiger partial charge in [0.2, 0.25) is 5.91 Å². The molecule has 20 heavy (non-hydrogen) atoms. The van der Waals surface area contributed by atoms with Crippen molar-refractivity contribution in [3.05, 3.63) is 35.9 Å². The van der Waals surface area contributed by atoms with Crippen molar-refractivity contribution in [1.29, 1.82) is 0 Å². The van der Waals surface area contributed by atoms with Crippen LogP contribution in [0.15, 0.2) is 30.3 Å². The lowest BCUT2D eigenvalue weighted by Gasteiger charge is -2.43. The van der Waals surface area contributed by atoms with Crippen molar-refractivity contribution in [1.82, 2.24) is 4.90 Å². The summed E-state index contributed by atoms with van der Waals surface area (Å²) in [6.07, 6.45) is 3.46. The van der Waals surface area contributed by atoms with Crippen molar-refractivity contribution in [3.8, 4) is 0 Å². The molecular formula is C16H21NO3. The summed E-state index contributed by atoms with van der Waals surface area (Å²) in [6, 6.07) is 9.92. The van der Waals surface area contributed by atoms with Gasteiger partial charge in [-0.25, -0.2) is 0 Å². The van der Waals surface area contributed by atoms with Crippen LogP contribution >= 0.6 is 0 Å². The van der Waals surface area contributed by atoms with Gasteiger partial charge < -0.3 is 10.0 Å². The van der Waals surface area contributed by atoms with Crippen LogP contribution < -0.4 is 0 Å². The monoisotopic (exact) mass is 275 g/mol. The Morgan fingerprint density at radius 3 is 2.40 bits per heavy atom. The molecule has 4 heteroatoms. The van der Waals surface area contributed by atoms with Gasteiger partial charge in [-0.1, -0.05) is 36.8 Å². The van der Waals surface area contributed by atoms with Gasteiger partial charge in [-0.3, -0.25) is 9.59 Å². The van der Waals surface area contributed by atoms with Gasteiger partial charge in [0, 0.05) is 20.0 Å². The highest BCUT2D eigenvalue weighted by Gasteiger charge is 2.46. The van der Waals surface area contributed by atoms with E-state index >= 15 is 0 Å². The number of hydrogen-bond donors (Lipinski definition) is 1. The molecule has 1 aliphatic rings. The normalized spacial score (nSPS) is 16.2. The Morgan fingerprint density at radius 1 is 1.25 bits per heavy atom. The van der Waals surface area contributed by atoms with Crippen molar-refractivity contribution in [3.63, 3.8) is 0 Å². The number of likely N-dealkylation sites (N-methyl/N-ethyl adjacent to an activating group) is 1. The van der Waals surface area contributed by atoms with Crippen LogP contribution in [0.4, 0.5) is 0 Å². The maximum atomic E-state index is 12.7. The molecular weight excluding hydrogens is 254 g/mol. The maximum absolute atomic E-state index is 12.7. The average molecular weight is 275 g/mol. The summed E-state index contributed by atoms with van der Waals surface area (Å²) in [5.41, 5.74) is 0.709. The van der Waals surface area contributed by atoms with Crippen molar-refractivity contribution >= 4 is 11.9 Å². The zero-order valence-corrected chi connectivity index (χ0v) is 11.8. The van der Waals surface area contributed by atoms with Crippen LogP contribution in [-0.2, 0) is 15.0 Å². The van der Waals surface area contributed by atoms with Gasteiger partial charge in [0.15, 0.2) is 0 Å². The smallest absolute Gasteiger partial charge is 0.303 e. The topological polar surface area (TPSA) is 57.6 Å². The molecule has 1 aliphatic carbocycles. The second-order valence-electron chi connectivity index (χ2n) is 5.53. The Balaban J connectivity index is 2.04. The summed E-state index contributed by atoms with van der Waals surface area (Å²) in [4.78, 5) is 24.9. The quantitative estimate of drug-likeness (QED) is 0.867. The highest BCUT2D eigenvalue weighted by Crippen LogP contribution is 2.44. The zero-order chi connectivity index (χ0) is 14.6. The number of rotatable bonds is 6. The molecule has 0 heterocycles. The summed E-state index contributed by atoms with van der Waals surface area (Å²) in [5.74, 6) is -0.687. The molecule has 1 aromatic rings. The number of carbonyl (C=O) groups excluding carboxylic acids is 1. The van der Waals surface area contributed by atoms with Crippen LogP contribution in [-0.4, -0.2) is 35.5 Å². The molecule has 1 fully saturated rings. The number of nitrogens with zero attached hydrogens (tertiary/aromatic N) is 1. The molecule has 0 spiro atoms. The predicted molar refractivity (Wildman–Crippen MR) is 76.5 cm³/mol. The van der Waals surface area contributed by atoms with Crippen molar-refractivity contribution < 1.29 is 14.7 Å². The minimum Gasteiger partial charge on any atom is -0.481 e. The Labute approximate surface area is 119 Å². The molecule has 108 valence electrons. The summed E-state index contributed by atoms with van der Waals surface area (Å²) < 4.78 is 0. The number of carboxylic acid groups (broad SMARTS) is 1. The first-order valence-corrected chi connectivity index (χ1v) is 7.09. The van der Waals surface area contributed by atoms with Gasteiger partial charge in [0.25, 0.3) is 0 Å². The number of aliphatic carboxylic acids is 1. The van der Waals surface area contributed by atoms with Crippen LogP contribution in [0.5, 0.6) is 0 Å². The Kier molecular flexibility index (Phi) is 4.42. The molecule has 1 N–H and O–H groups in total. The fourth-order valence-corrected chi connectivity index (χ4v) is 2.85. The van der Waals surface area contributed by atoms with Crippen molar-refractivity contribution in [2.75, 3.05) is 13.6 Å². The molecule has 0 aliphatic heterocycles. The second kappa shape index (κ2) is 6.07. The van der Waals surface area contributed by atoms with Gasteiger partial charge in [0.1, 0.15) is 0 Å². The van der Waals surface area contributed by atoms with Gasteiger partial charge in [-0.2, -0.15) is 0 Å². The molecule has 0 aromatic heterocycles. The summed E-state index contributed by atoms with van der Waals surface area (Å²) >= 11 is 0. The van der Waals surface area contributed by atoms with Crippen molar-refractivity contribution in [2.24, 2.45) is 0 Å². The van der Waals surface area contributed by atoms with E-state index in [2.05, 4.69) is 0 Å². The molecule has 0 radical (unpaired) electrons.